The van der Waals surface area contributed by atoms with Crippen LogP contribution in [-0.4, -0.2) is 17.9 Å². The van der Waals surface area contributed by atoms with Crippen molar-refractivity contribution in [3.8, 4) is 0 Å². The molecule has 0 heterocycles. The fourth-order valence-corrected chi connectivity index (χ4v) is 2.75. The average molecular weight is 302 g/mol. The van der Waals surface area contributed by atoms with E-state index in [4.69, 9.17) is 0 Å². The van der Waals surface area contributed by atoms with Crippen molar-refractivity contribution in [1.82, 2.24) is 5.32 Å². The molecule has 1 saturated carbocycles. The molecule has 1 aromatic carbocycles. The molecular weight excluding hydrogens is 276 g/mol. The lowest BCUT2D eigenvalue weighted by atomic mass is 9.87. The molecule has 1 aliphatic carbocycles. The number of nitrogens with one attached hydrogen (secondary N) is 2. The largest absolute Gasteiger partial charge is 0.353 e. The van der Waals surface area contributed by atoms with Gasteiger partial charge in [-0.25, -0.2) is 0 Å². The van der Waals surface area contributed by atoms with Gasteiger partial charge in [0.05, 0.1) is 0 Å². The van der Waals surface area contributed by atoms with Gasteiger partial charge in [0, 0.05) is 11.7 Å². The predicted octanol–water partition coefficient (Wildman–Crippen LogP) is 3.37. The van der Waals surface area contributed by atoms with Crippen molar-refractivity contribution in [2.24, 2.45) is 0 Å². The van der Waals surface area contributed by atoms with Gasteiger partial charge in [-0.15, -0.1) is 0 Å². The minimum absolute atomic E-state index is 0.0870. The second-order valence-corrected chi connectivity index (χ2v) is 7.10. The Kier molecular flexibility index (Phi) is 5.22. The zero-order valence-electron chi connectivity index (χ0n) is 13.7. The Bertz CT molecular complexity index is 523. The molecular formula is C18H26N2O2. The molecule has 0 aromatic heterocycles. The van der Waals surface area contributed by atoms with Crippen molar-refractivity contribution in [2.75, 3.05) is 5.32 Å². The third-order valence-corrected chi connectivity index (χ3v) is 4.08. The first-order valence-corrected chi connectivity index (χ1v) is 8.04. The molecule has 0 atom stereocenters. The molecule has 4 nitrogen and oxygen atoms in total. The van der Waals surface area contributed by atoms with E-state index in [0.717, 1.165) is 31.4 Å². The molecule has 1 aromatic rings. The van der Waals surface area contributed by atoms with Crippen molar-refractivity contribution in [2.45, 2.75) is 64.3 Å². The van der Waals surface area contributed by atoms with Crippen LogP contribution in [0.15, 0.2) is 24.3 Å². The van der Waals surface area contributed by atoms with Gasteiger partial charge >= 0.3 is 0 Å². The molecule has 22 heavy (non-hydrogen) atoms. The Morgan fingerprint density at radius 3 is 2.18 bits per heavy atom. The predicted molar refractivity (Wildman–Crippen MR) is 88.8 cm³/mol. The summed E-state index contributed by atoms with van der Waals surface area (Å²) in [6.07, 6.45) is 4.27. The topological polar surface area (TPSA) is 58.2 Å². The number of hydrogen-bond donors (Lipinski definition) is 2. The maximum absolute atomic E-state index is 11.9. The summed E-state index contributed by atoms with van der Waals surface area (Å²) in [5.74, 6) is -0.449. The summed E-state index contributed by atoms with van der Waals surface area (Å²) in [7, 11) is 0. The number of hydrogen-bond acceptors (Lipinski definition) is 2. The maximum Gasteiger partial charge on any atom is 0.233 e. The number of carbonyl (C=O) groups excluding carboxylic acids is 2. The molecule has 2 rings (SSSR count). The average Bonchev–Trinajstić information content (AvgIpc) is 2.90. The Labute approximate surface area is 132 Å². The second kappa shape index (κ2) is 6.95. The van der Waals surface area contributed by atoms with Crippen LogP contribution in [0.5, 0.6) is 0 Å². The molecule has 2 N–H and O–H groups in total. The lowest BCUT2D eigenvalue weighted by molar-refractivity contribution is -0.127. The van der Waals surface area contributed by atoms with Gasteiger partial charge in [-0.3, -0.25) is 9.59 Å². The van der Waals surface area contributed by atoms with Crippen LogP contribution in [0.25, 0.3) is 0 Å². The number of carbonyl (C=O) groups is 2. The van der Waals surface area contributed by atoms with Crippen LogP contribution in [0.1, 0.15) is 58.4 Å². The van der Waals surface area contributed by atoms with Crippen LogP contribution >= 0.6 is 0 Å². The van der Waals surface area contributed by atoms with Crippen LogP contribution in [0.4, 0.5) is 5.69 Å². The Hall–Kier alpha value is -1.84. The van der Waals surface area contributed by atoms with Gasteiger partial charge in [0.2, 0.25) is 11.8 Å². The summed E-state index contributed by atoms with van der Waals surface area (Å²) in [6, 6.07) is 8.04. The van der Waals surface area contributed by atoms with Crippen molar-refractivity contribution in [3.05, 3.63) is 29.8 Å². The van der Waals surface area contributed by atoms with E-state index in [0.29, 0.717) is 0 Å². The first kappa shape index (κ1) is 16.5. The zero-order chi connectivity index (χ0) is 16.2. The van der Waals surface area contributed by atoms with Crippen molar-refractivity contribution < 1.29 is 9.59 Å². The SMILES string of the molecule is CC(C)(C)c1ccc(NC(=O)CC(=O)NC2CCCC2)cc1. The van der Waals surface area contributed by atoms with Gasteiger partial charge in [-0.05, 0) is 36.0 Å². The molecule has 0 saturated heterocycles. The first-order chi connectivity index (χ1) is 10.3. The fourth-order valence-electron chi connectivity index (χ4n) is 2.75. The van der Waals surface area contributed by atoms with Gasteiger partial charge in [0.15, 0.2) is 0 Å². The van der Waals surface area contributed by atoms with E-state index in [1.165, 1.54) is 5.56 Å². The smallest absolute Gasteiger partial charge is 0.233 e. The fraction of sp³-hybridized carbons (Fsp3) is 0.556. The van der Waals surface area contributed by atoms with Gasteiger partial charge in [0.25, 0.3) is 0 Å². The molecule has 0 unspecified atom stereocenters. The van der Waals surface area contributed by atoms with Gasteiger partial charge in [-0.1, -0.05) is 45.7 Å². The molecule has 120 valence electrons. The molecule has 1 aliphatic rings. The van der Waals surface area contributed by atoms with Crippen LogP contribution < -0.4 is 10.6 Å². The Morgan fingerprint density at radius 2 is 1.64 bits per heavy atom. The summed E-state index contributed by atoms with van der Waals surface area (Å²) in [5, 5.41) is 5.70. The van der Waals surface area contributed by atoms with E-state index < -0.39 is 0 Å². The minimum atomic E-state index is -0.265. The van der Waals surface area contributed by atoms with Crippen LogP contribution in [0, 0.1) is 0 Å². The van der Waals surface area contributed by atoms with E-state index in [9.17, 15) is 9.59 Å². The third-order valence-electron chi connectivity index (χ3n) is 4.08. The van der Waals surface area contributed by atoms with Crippen molar-refractivity contribution in [1.29, 1.82) is 0 Å². The minimum Gasteiger partial charge on any atom is -0.353 e. The van der Waals surface area contributed by atoms with Gasteiger partial charge < -0.3 is 10.6 Å². The van der Waals surface area contributed by atoms with Crippen molar-refractivity contribution >= 4 is 17.5 Å². The number of rotatable bonds is 4. The van der Waals surface area contributed by atoms with Crippen LogP contribution in [-0.2, 0) is 15.0 Å². The number of amides is 2. The highest BCUT2D eigenvalue weighted by atomic mass is 16.2. The summed E-state index contributed by atoms with van der Waals surface area (Å²) in [4.78, 5) is 23.7. The standard InChI is InChI=1S/C18H26N2O2/c1-18(2,3)13-8-10-15(11-9-13)20-17(22)12-16(21)19-14-6-4-5-7-14/h8-11,14H,4-7,12H2,1-3H3,(H,19,21)(H,20,22). The molecule has 0 radical (unpaired) electrons. The Morgan fingerprint density at radius 1 is 1.05 bits per heavy atom. The molecule has 0 bridgehead atoms. The molecule has 4 heteroatoms. The van der Waals surface area contributed by atoms with Gasteiger partial charge in [-0.2, -0.15) is 0 Å². The lowest BCUT2D eigenvalue weighted by Gasteiger charge is -2.19. The monoisotopic (exact) mass is 302 g/mol. The van der Waals surface area contributed by atoms with E-state index in [2.05, 4.69) is 31.4 Å². The summed E-state index contributed by atoms with van der Waals surface area (Å²) in [6.45, 7) is 6.44. The van der Waals surface area contributed by atoms with Crippen molar-refractivity contribution in [3.63, 3.8) is 0 Å². The lowest BCUT2D eigenvalue weighted by Crippen LogP contribution is -2.35. The summed E-state index contributed by atoms with van der Waals surface area (Å²) < 4.78 is 0. The zero-order valence-corrected chi connectivity index (χ0v) is 13.7. The van der Waals surface area contributed by atoms with E-state index in [1.807, 2.05) is 24.3 Å². The van der Waals surface area contributed by atoms with Crippen LogP contribution in [0.2, 0.25) is 0 Å². The highest BCUT2D eigenvalue weighted by molar-refractivity contribution is 6.03. The molecule has 0 spiro atoms. The van der Waals surface area contributed by atoms with Gasteiger partial charge in [0.1, 0.15) is 6.42 Å². The number of anilines is 1. The van der Waals surface area contributed by atoms with E-state index in [1.54, 1.807) is 0 Å². The quantitative estimate of drug-likeness (QED) is 0.838. The highest BCUT2D eigenvalue weighted by Crippen LogP contribution is 2.23. The van der Waals surface area contributed by atoms with E-state index in [-0.39, 0.29) is 29.7 Å². The Balaban J connectivity index is 1.82. The molecule has 1 fully saturated rings. The maximum atomic E-state index is 11.9. The highest BCUT2D eigenvalue weighted by Gasteiger charge is 2.19. The molecule has 2 amide bonds. The summed E-state index contributed by atoms with van der Waals surface area (Å²) in [5.41, 5.74) is 2.03. The summed E-state index contributed by atoms with van der Waals surface area (Å²) >= 11 is 0. The number of benzene rings is 1. The van der Waals surface area contributed by atoms with E-state index >= 15 is 0 Å². The van der Waals surface area contributed by atoms with Crippen LogP contribution in [0.3, 0.4) is 0 Å². The molecule has 0 aliphatic heterocycles. The first-order valence-electron chi connectivity index (χ1n) is 8.04. The normalized spacial score (nSPS) is 15.6. The third kappa shape index (κ3) is 4.86. The second-order valence-electron chi connectivity index (χ2n) is 7.10.